The zero-order valence-corrected chi connectivity index (χ0v) is 14.2. The Morgan fingerprint density at radius 3 is 2.72 bits per heavy atom. The van der Waals surface area contributed by atoms with Gasteiger partial charge in [0.2, 0.25) is 5.91 Å². The molecule has 0 bridgehead atoms. The first-order valence-corrected chi connectivity index (χ1v) is 8.85. The molecule has 0 saturated carbocycles. The van der Waals surface area contributed by atoms with Gasteiger partial charge in [-0.1, -0.05) is 24.3 Å². The molecule has 1 atom stereocenters. The van der Waals surface area contributed by atoms with Gasteiger partial charge in [0, 0.05) is 24.4 Å². The Morgan fingerprint density at radius 1 is 1.24 bits per heavy atom. The second kappa shape index (κ2) is 7.48. The van der Waals surface area contributed by atoms with Gasteiger partial charge in [0.05, 0.1) is 16.6 Å². The van der Waals surface area contributed by atoms with Gasteiger partial charge < -0.3 is 15.0 Å². The highest BCUT2D eigenvalue weighted by Crippen LogP contribution is 2.37. The van der Waals surface area contributed by atoms with Crippen LogP contribution in [0.2, 0.25) is 0 Å². The van der Waals surface area contributed by atoms with Crippen molar-refractivity contribution in [2.45, 2.75) is 31.7 Å². The van der Waals surface area contributed by atoms with Crippen LogP contribution in [0.4, 0.5) is 0 Å². The summed E-state index contributed by atoms with van der Waals surface area (Å²) in [5, 5.41) is 28.5. The first kappa shape index (κ1) is 17.2. The number of phenols is 1. The van der Waals surface area contributed by atoms with Crippen molar-refractivity contribution in [1.29, 1.82) is 0 Å². The summed E-state index contributed by atoms with van der Waals surface area (Å²) in [6.45, 7) is 0. The molecule has 2 aromatic rings. The minimum absolute atomic E-state index is 0.0687. The number of phenolic OH excluding ortho intramolecular Hbond substituents is 1. The topological polar surface area (TPSA) is 93.0 Å². The number of para-hydroxylation sites is 1. The number of hydrogen-bond acceptors (Lipinski definition) is 6. The molecule has 0 unspecified atom stereocenters. The molecule has 1 aliphatic heterocycles. The number of carbonyl (C=O) groups excluding carboxylic acids is 2. The molecular formula is C18H17N2O4S-. The van der Waals surface area contributed by atoms with Gasteiger partial charge in [-0.05, 0) is 30.4 Å². The summed E-state index contributed by atoms with van der Waals surface area (Å²) in [4.78, 5) is 24.1. The summed E-state index contributed by atoms with van der Waals surface area (Å²) in [6.07, 6.45) is 0.612. The van der Waals surface area contributed by atoms with Gasteiger partial charge in [0.25, 0.3) is 0 Å². The van der Waals surface area contributed by atoms with Crippen LogP contribution in [0, 0.1) is 0 Å². The lowest BCUT2D eigenvalue weighted by molar-refractivity contribution is -0.305. The number of thiophene rings is 1. The van der Waals surface area contributed by atoms with Gasteiger partial charge in [-0.3, -0.25) is 4.79 Å². The molecule has 2 heterocycles. The number of carboxylic acid groups (broad SMARTS) is 1. The van der Waals surface area contributed by atoms with Gasteiger partial charge >= 0.3 is 0 Å². The van der Waals surface area contributed by atoms with Gasteiger partial charge in [0.15, 0.2) is 0 Å². The van der Waals surface area contributed by atoms with E-state index in [1.54, 1.807) is 24.3 Å². The molecular weight excluding hydrogens is 340 g/mol. The van der Waals surface area contributed by atoms with Crippen molar-refractivity contribution in [3.63, 3.8) is 0 Å². The number of hydrazone groups is 1. The maximum Gasteiger partial charge on any atom is 0.243 e. The predicted molar refractivity (Wildman–Crippen MR) is 92.0 cm³/mol. The number of hydrogen-bond donors (Lipinski definition) is 1. The average Bonchev–Trinajstić information content (AvgIpc) is 3.24. The first-order valence-electron chi connectivity index (χ1n) is 7.97. The monoisotopic (exact) mass is 357 g/mol. The van der Waals surface area contributed by atoms with E-state index in [1.807, 2.05) is 17.5 Å². The highest BCUT2D eigenvalue weighted by atomic mass is 32.1. The highest BCUT2D eigenvalue weighted by molar-refractivity contribution is 7.12. The molecule has 1 amide bonds. The van der Waals surface area contributed by atoms with E-state index in [1.165, 1.54) is 16.3 Å². The van der Waals surface area contributed by atoms with E-state index in [2.05, 4.69) is 5.10 Å². The van der Waals surface area contributed by atoms with Crippen LogP contribution in [0.3, 0.4) is 0 Å². The van der Waals surface area contributed by atoms with E-state index in [4.69, 9.17) is 0 Å². The fourth-order valence-electron chi connectivity index (χ4n) is 2.84. The molecule has 6 nitrogen and oxygen atoms in total. The van der Waals surface area contributed by atoms with Crippen molar-refractivity contribution in [3.05, 3.63) is 52.2 Å². The van der Waals surface area contributed by atoms with Gasteiger partial charge in [-0.15, -0.1) is 11.3 Å². The standard InChI is InChI=1S/C18H18N2O4S/c21-15-6-2-1-5-12(15)14-11-13(16-7-4-10-25-16)19-20(14)17(22)8-3-9-18(23)24/h1-2,4-7,10,14,21H,3,8-9,11H2,(H,23,24)/p-1/t14-/m1/s1. The van der Waals surface area contributed by atoms with E-state index in [-0.39, 0.29) is 30.9 Å². The lowest BCUT2D eigenvalue weighted by Crippen LogP contribution is -2.28. The molecule has 0 spiro atoms. The van der Waals surface area contributed by atoms with Crippen LogP contribution in [-0.4, -0.2) is 27.7 Å². The number of aromatic hydroxyl groups is 1. The number of carboxylic acids is 1. The summed E-state index contributed by atoms with van der Waals surface area (Å²) >= 11 is 1.54. The second-order valence-electron chi connectivity index (χ2n) is 5.77. The number of amides is 1. The van der Waals surface area contributed by atoms with E-state index < -0.39 is 12.0 Å². The zero-order valence-electron chi connectivity index (χ0n) is 13.4. The number of nitrogens with zero attached hydrogens (tertiary/aromatic N) is 2. The Morgan fingerprint density at radius 2 is 2.04 bits per heavy atom. The molecule has 1 N–H and O–H groups in total. The van der Waals surface area contributed by atoms with Crippen molar-refractivity contribution in [2.24, 2.45) is 5.10 Å². The summed E-state index contributed by atoms with van der Waals surface area (Å²) < 4.78 is 0. The lowest BCUT2D eigenvalue weighted by Gasteiger charge is -2.22. The van der Waals surface area contributed by atoms with E-state index in [0.717, 1.165) is 10.6 Å². The first-order chi connectivity index (χ1) is 12.1. The molecule has 3 rings (SSSR count). The molecule has 130 valence electrons. The molecule has 7 heteroatoms. The SMILES string of the molecule is O=C([O-])CCCC(=O)N1N=C(c2cccs2)C[C@@H]1c1ccccc1O. The molecule has 0 saturated heterocycles. The predicted octanol–water partition coefficient (Wildman–Crippen LogP) is 2.05. The van der Waals surface area contributed by atoms with Gasteiger partial charge in [-0.2, -0.15) is 5.10 Å². The van der Waals surface area contributed by atoms with Crippen LogP contribution >= 0.6 is 11.3 Å². The number of aliphatic carboxylic acids is 1. The second-order valence-corrected chi connectivity index (χ2v) is 6.71. The number of benzene rings is 1. The third-order valence-corrected chi connectivity index (χ3v) is 4.96. The Balaban J connectivity index is 1.84. The molecule has 1 aromatic carbocycles. The summed E-state index contributed by atoms with van der Waals surface area (Å²) in [5.74, 6) is -1.32. The Hall–Kier alpha value is -2.67. The Kier molecular flexibility index (Phi) is 5.14. The largest absolute Gasteiger partial charge is 0.550 e. The van der Waals surface area contributed by atoms with E-state index >= 15 is 0 Å². The highest BCUT2D eigenvalue weighted by Gasteiger charge is 2.34. The minimum Gasteiger partial charge on any atom is -0.550 e. The molecule has 0 radical (unpaired) electrons. The number of carbonyl (C=O) groups is 2. The van der Waals surface area contributed by atoms with Gasteiger partial charge in [-0.25, -0.2) is 5.01 Å². The summed E-state index contributed by atoms with van der Waals surface area (Å²) in [7, 11) is 0. The van der Waals surface area contributed by atoms with Crippen molar-refractivity contribution < 1.29 is 19.8 Å². The number of rotatable bonds is 6. The Bertz CT molecular complexity index is 801. The normalized spacial score (nSPS) is 16.7. The molecule has 1 aromatic heterocycles. The molecule has 25 heavy (non-hydrogen) atoms. The van der Waals surface area contributed by atoms with Crippen LogP contribution < -0.4 is 5.11 Å². The van der Waals surface area contributed by atoms with Crippen LogP contribution in [0.1, 0.15) is 42.2 Å². The van der Waals surface area contributed by atoms with Crippen molar-refractivity contribution in [1.82, 2.24) is 5.01 Å². The lowest BCUT2D eigenvalue weighted by atomic mass is 10.00. The van der Waals surface area contributed by atoms with E-state index in [9.17, 15) is 19.8 Å². The quantitative estimate of drug-likeness (QED) is 0.856. The van der Waals surface area contributed by atoms with Crippen LogP contribution in [0.25, 0.3) is 0 Å². The maximum atomic E-state index is 12.6. The third kappa shape index (κ3) is 3.88. The molecule has 1 aliphatic rings. The smallest absolute Gasteiger partial charge is 0.243 e. The fourth-order valence-corrected chi connectivity index (χ4v) is 3.56. The van der Waals surface area contributed by atoms with Crippen molar-refractivity contribution in [3.8, 4) is 5.75 Å². The minimum atomic E-state index is -1.17. The zero-order chi connectivity index (χ0) is 17.8. The third-order valence-electron chi connectivity index (χ3n) is 4.04. The average molecular weight is 357 g/mol. The Labute approximate surface area is 149 Å². The van der Waals surface area contributed by atoms with Crippen LogP contribution in [0.5, 0.6) is 5.75 Å². The van der Waals surface area contributed by atoms with Crippen molar-refractivity contribution >= 4 is 28.9 Å². The van der Waals surface area contributed by atoms with E-state index in [0.29, 0.717) is 12.0 Å². The summed E-state index contributed by atoms with van der Waals surface area (Å²) in [5.41, 5.74) is 1.42. The van der Waals surface area contributed by atoms with Gasteiger partial charge in [0.1, 0.15) is 5.75 Å². The summed E-state index contributed by atoms with van der Waals surface area (Å²) in [6, 6.07) is 10.3. The molecule has 0 aliphatic carbocycles. The molecule has 0 fully saturated rings. The maximum absolute atomic E-state index is 12.6. The van der Waals surface area contributed by atoms with Crippen LogP contribution in [0.15, 0.2) is 46.9 Å². The van der Waals surface area contributed by atoms with Crippen molar-refractivity contribution in [2.75, 3.05) is 0 Å². The fraction of sp³-hybridized carbons (Fsp3) is 0.278. The van der Waals surface area contributed by atoms with Crippen LogP contribution in [-0.2, 0) is 9.59 Å².